The molecule has 15 heteroatoms. The maximum Gasteiger partial charge on any atom is 0.339 e. The summed E-state index contributed by atoms with van der Waals surface area (Å²) >= 11 is 3.83. The standard InChI is InChI=1S/C28H31N5O8S2/c1-17(11-30-25(36)15-42)29-12-23(34)31-13-24(35)32-16-33-27(37)20-5-3-19(4-6-20)26-22(14-41-28(26)38)18-7-9-21(10-8-18)43(2,39)40/h3-10,29,42H,1,11-16H2,2H3,(H,30,36)(H,31,34)(H,32,35)(H,33,37). The van der Waals surface area contributed by atoms with Gasteiger partial charge in [-0.1, -0.05) is 30.8 Å². The first-order chi connectivity index (χ1) is 20.4. The molecule has 0 spiro atoms. The lowest BCUT2D eigenvalue weighted by Gasteiger charge is -2.11. The number of esters is 1. The molecular weight excluding hydrogens is 598 g/mol. The normalized spacial score (nSPS) is 12.7. The lowest BCUT2D eigenvalue weighted by atomic mass is 9.96. The number of benzene rings is 2. The van der Waals surface area contributed by atoms with E-state index in [1.165, 1.54) is 24.3 Å². The van der Waals surface area contributed by atoms with Crippen LogP contribution in [-0.4, -0.2) is 82.9 Å². The van der Waals surface area contributed by atoms with E-state index in [0.29, 0.717) is 28.0 Å². The molecule has 0 saturated heterocycles. The first-order valence-corrected chi connectivity index (χ1v) is 15.3. The van der Waals surface area contributed by atoms with Gasteiger partial charge in [-0.3, -0.25) is 19.2 Å². The summed E-state index contributed by atoms with van der Waals surface area (Å²) in [6, 6.07) is 12.4. The lowest BCUT2D eigenvalue weighted by Crippen LogP contribution is -2.44. The molecule has 0 unspecified atom stereocenters. The molecule has 228 valence electrons. The zero-order valence-electron chi connectivity index (χ0n) is 23.2. The average Bonchev–Trinajstić information content (AvgIpc) is 3.38. The monoisotopic (exact) mass is 629 g/mol. The number of thiol groups is 1. The van der Waals surface area contributed by atoms with Gasteiger partial charge < -0.3 is 31.3 Å². The van der Waals surface area contributed by atoms with Crippen LogP contribution in [0.4, 0.5) is 0 Å². The van der Waals surface area contributed by atoms with Gasteiger partial charge in [0, 0.05) is 23.1 Å². The third-order valence-corrected chi connectivity index (χ3v) is 7.46. The molecule has 0 radical (unpaired) electrons. The molecule has 13 nitrogen and oxygen atoms in total. The highest BCUT2D eigenvalue weighted by atomic mass is 32.2. The summed E-state index contributed by atoms with van der Waals surface area (Å²) in [6.07, 6.45) is 1.11. The van der Waals surface area contributed by atoms with Crippen molar-refractivity contribution in [2.24, 2.45) is 0 Å². The molecule has 1 heterocycles. The Labute approximate surface area is 253 Å². The predicted molar refractivity (Wildman–Crippen MR) is 161 cm³/mol. The second kappa shape index (κ2) is 15.0. The summed E-state index contributed by atoms with van der Waals surface area (Å²) in [5.41, 5.74) is 2.74. The Balaban J connectivity index is 1.47. The maximum atomic E-state index is 12.5. The molecular formula is C28H31N5O8S2. The fourth-order valence-electron chi connectivity index (χ4n) is 3.77. The second-order valence-corrected chi connectivity index (χ2v) is 11.6. The topological polar surface area (TPSA) is 189 Å². The van der Waals surface area contributed by atoms with Crippen LogP contribution in [0.2, 0.25) is 0 Å². The number of hydrogen-bond donors (Lipinski definition) is 6. The van der Waals surface area contributed by atoms with Gasteiger partial charge in [0.05, 0.1) is 42.5 Å². The van der Waals surface area contributed by atoms with Gasteiger partial charge in [-0.2, -0.15) is 12.6 Å². The quantitative estimate of drug-likeness (QED) is 0.0920. The van der Waals surface area contributed by atoms with Gasteiger partial charge in [0.15, 0.2) is 9.84 Å². The Kier molecular flexibility index (Phi) is 11.5. The predicted octanol–water partition coefficient (Wildman–Crippen LogP) is -0.373. The zero-order chi connectivity index (χ0) is 31.6. The maximum absolute atomic E-state index is 12.5. The van der Waals surface area contributed by atoms with Crippen molar-refractivity contribution in [3.05, 3.63) is 77.5 Å². The first kappa shape index (κ1) is 32.9. The largest absolute Gasteiger partial charge is 0.457 e. The third-order valence-electron chi connectivity index (χ3n) is 6.04. The van der Waals surface area contributed by atoms with E-state index in [2.05, 4.69) is 45.8 Å². The molecule has 1 aliphatic heterocycles. The number of nitrogens with one attached hydrogen (secondary N) is 5. The summed E-state index contributed by atoms with van der Waals surface area (Å²) in [5.74, 6) is -2.28. The van der Waals surface area contributed by atoms with Crippen LogP contribution < -0.4 is 26.6 Å². The highest BCUT2D eigenvalue weighted by molar-refractivity contribution is 7.90. The lowest BCUT2D eigenvalue weighted by molar-refractivity contribution is -0.134. The second-order valence-electron chi connectivity index (χ2n) is 9.25. The van der Waals surface area contributed by atoms with Gasteiger partial charge >= 0.3 is 5.97 Å². The molecule has 2 aromatic rings. The van der Waals surface area contributed by atoms with Crippen LogP contribution in [0.3, 0.4) is 0 Å². The van der Waals surface area contributed by atoms with Crippen LogP contribution in [0.15, 0.2) is 65.7 Å². The van der Waals surface area contributed by atoms with Crippen molar-refractivity contribution in [1.29, 1.82) is 0 Å². The number of amides is 4. The summed E-state index contributed by atoms with van der Waals surface area (Å²) in [4.78, 5) is 60.2. The van der Waals surface area contributed by atoms with Crippen molar-refractivity contribution in [1.82, 2.24) is 26.6 Å². The fourth-order valence-corrected chi connectivity index (χ4v) is 4.52. The van der Waals surface area contributed by atoms with E-state index < -0.39 is 33.5 Å². The van der Waals surface area contributed by atoms with Crippen molar-refractivity contribution in [2.45, 2.75) is 4.90 Å². The number of cyclic esters (lactones) is 1. The Morgan fingerprint density at radius 1 is 0.814 bits per heavy atom. The molecule has 0 saturated carbocycles. The summed E-state index contributed by atoms with van der Waals surface area (Å²) in [5, 5.41) is 12.7. The molecule has 5 N–H and O–H groups in total. The Morgan fingerprint density at radius 3 is 2.02 bits per heavy atom. The van der Waals surface area contributed by atoms with Crippen molar-refractivity contribution in [2.75, 3.05) is 44.9 Å². The molecule has 43 heavy (non-hydrogen) atoms. The van der Waals surface area contributed by atoms with Gasteiger partial charge in [-0.05, 0) is 35.4 Å². The van der Waals surface area contributed by atoms with Crippen molar-refractivity contribution in [3.63, 3.8) is 0 Å². The van der Waals surface area contributed by atoms with E-state index >= 15 is 0 Å². The molecule has 3 rings (SSSR count). The number of hydrogen-bond acceptors (Lipinski definition) is 10. The van der Waals surface area contributed by atoms with Gasteiger partial charge in [0.1, 0.15) is 6.61 Å². The number of sulfone groups is 1. The number of ether oxygens (including phenoxy) is 1. The van der Waals surface area contributed by atoms with Gasteiger partial charge in [-0.25, -0.2) is 13.2 Å². The SMILES string of the molecule is C=C(CNC(=O)CS)NCC(=O)NCC(=O)NCNC(=O)c1ccc(C2=C(c3ccc(S(C)(=O)=O)cc3)COC2=O)cc1. The highest BCUT2D eigenvalue weighted by Gasteiger charge is 2.27. The Morgan fingerprint density at radius 2 is 1.40 bits per heavy atom. The van der Waals surface area contributed by atoms with E-state index in [-0.39, 0.29) is 55.0 Å². The molecule has 0 fully saturated rings. The zero-order valence-corrected chi connectivity index (χ0v) is 24.9. The number of rotatable bonds is 14. The Hall–Kier alpha value is -4.63. The average molecular weight is 630 g/mol. The van der Waals surface area contributed by atoms with Gasteiger partial charge in [0.2, 0.25) is 17.7 Å². The summed E-state index contributed by atoms with van der Waals surface area (Å²) in [7, 11) is -3.37. The van der Waals surface area contributed by atoms with Crippen molar-refractivity contribution < 1.29 is 37.1 Å². The third kappa shape index (κ3) is 9.72. The van der Waals surface area contributed by atoms with Crippen LogP contribution in [-0.2, 0) is 33.8 Å². The molecule has 0 atom stereocenters. The molecule has 2 aromatic carbocycles. The van der Waals surface area contributed by atoms with E-state index in [0.717, 1.165) is 6.26 Å². The first-order valence-electron chi connectivity index (χ1n) is 12.8. The fraction of sp³-hybridized carbons (Fsp3) is 0.250. The van der Waals surface area contributed by atoms with Crippen LogP contribution in [0.25, 0.3) is 11.1 Å². The minimum Gasteiger partial charge on any atom is -0.457 e. The number of carbonyl (C=O) groups excluding carboxylic acids is 5. The van der Waals surface area contributed by atoms with Gasteiger partial charge in [-0.15, -0.1) is 0 Å². The van der Waals surface area contributed by atoms with Crippen LogP contribution in [0.1, 0.15) is 21.5 Å². The van der Waals surface area contributed by atoms with Gasteiger partial charge in [0.25, 0.3) is 5.91 Å². The van der Waals surface area contributed by atoms with E-state index in [4.69, 9.17) is 4.74 Å². The van der Waals surface area contributed by atoms with Crippen LogP contribution in [0.5, 0.6) is 0 Å². The molecule has 0 aliphatic carbocycles. The number of carbonyl (C=O) groups is 5. The smallest absolute Gasteiger partial charge is 0.339 e. The van der Waals surface area contributed by atoms with Crippen LogP contribution >= 0.6 is 12.6 Å². The summed E-state index contributed by atoms with van der Waals surface area (Å²) < 4.78 is 28.7. The molecule has 4 amide bonds. The minimum absolute atomic E-state index is 0.0247. The molecule has 0 aromatic heterocycles. The highest BCUT2D eigenvalue weighted by Crippen LogP contribution is 2.33. The van der Waals surface area contributed by atoms with Crippen molar-refractivity contribution in [3.8, 4) is 0 Å². The van der Waals surface area contributed by atoms with E-state index in [1.54, 1.807) is 24.3 Å². The Bertz CT molecular complexity index is 1550. The minimum atomic E-state index is -3.37. The van der Waals surface area contributed by atoms with Crippen molar-refractivity contribution >= 4 is 63.2 Å². The summed E-state index contributed by atoms with van der Waals surface area (Å²) in [6.45, 7) is 3.16. The van der Waals surface area contributed by atoms with E-state index in [1.807, 2.05) is 0 Å². The van der Waals surface area contributed by atoms with E-state index in [9.17, 15) is 32.4 Å². The molecule has 0 bridgehead atoms. The van der Waals surface area contributed by atoms with Crippen LogP contribution in [0, 0.1) is 0 Å². The molecule has 1 aliphatic rings.